The van der Waals surface area contributed by atoms with Gasteiger partial charge in [0, 0.05) is 0 Å². The molecular weight excluding hydrogens is 294 g/mol. The van der Waals surface area contributed by atoms with E-state index in [0.29, 0.717) is 17.6 Å². The average Bonchev–Trinajstić information content (AvgIpc) is 2.26. The van der Waals surface area contributed by atoms with E-state index in [1.54, 1.807) is 13.8 Å². The fourth-order valence-electron chi connectivity index (χ4n) is 1.63. The highest BCUT2D eigenvalue weighted by Crippen LogP contribution is 2.09. The standard InChI is InChI=1S/C15H30NO4.ClH/c1-7-8-9-19-14(17)10-13(11-16(4,5)6)20-15(18)12(2)3;/h12-13H,7-11H2,1-6H3;1H/q+1;/p-1. The van der Waals surface area contributed by atoms with Crippen LogP contribution in [0, 0.1) is 5.92 Å². The van der Waals surface area contributed by atoms with Gasteiger partial charge in [-0.25, -0.2) is 0 Å². The molecule has 0 saturated heterocycles. The first-order valence-electron chi connectivity index (χ1n) is 7.32. The van der Waals surface area contributed by atoms with Crippen LogP contribution in [0.2, 0.25) is 0 Å². The minimum atomic E-state index is -0.431. The fraction of sp³-hybridized carbons (Fsp3) is 0.867. The predicted octanol–water partition coefficient (Wildman–Crippen LogP) is -1.00. The van der Waals surface area contributed by atoms with Crippen molar-refractivity contribution in [2.24, 2.45) is 5.92 Å². The fourth-order valence-corrected chi connectivity index (χ4v) is 1.63. The molecule has 0 rings (SSSR count). The minimum absolute atomic E-state index is 0. The molecule has 0 heterocycles. The Bertz CT molecular complexity index is 313. The van der Waals surface area contributed by atoms with Gasteiger partial charge in [0.1, 0.15) is 6.54 Å². The molecule has 0 aliphatic rings. The molecule has 0 aromatic rings. The summed E-state index contributed by atoms with van der Waals surface area (Å²) in [4.78, 5) is 23.4. The Morgan fingerprint density at radius 3 is 2.14 bits per heavy atom. The van der Waals surface area contributed by atoms with Gasteiger partial charge >= 0.3 is 11.9 Å². The second kappa shape index (κ2) is 10.9. The molecule has 1 atom stereocenters. The van der Waals surface area contributed by atoms with Crippen molar-refractivity contribution in [3.05, 3.63) is 0 Å². The Labute approximate surface area is 135 Å². The Morgan fingerprint density at radius 1 is 1.14 bits per heavy atom. The molecule has 0 aliphatic carbocycles. The van der Waals surface area contributed by atoms with E-state index in [1.807, 2.05) is 28.1 Å². The number of halogens is 1. The third kappa shape index (κ3) is 12.6. The van der Waals surface area contributed by atoms with E-state index in [2.05, 4.69) is 0 Å². The maximum atomic E-state index is 11.7. The van der Waals surface area contributed by atoms with Gasteiger partial charge < -0.3 is 26.4 Å². The molecule has 0 amide bonds. The van der Waals surface area contributed by atoms with Crippen molar-refractivity contribution in [1.29, 1.82) is 0 Å². The molecule has 21 heavy (non-hydrogen) atoms. The van der Waals surface area contributed by atoms with Crippen LogP contribution >= 0.6 is 0 Å². The van der Waals surface area contributed by atoms with Crippen molar-refractivity contribution in [3.8, 4) is 0 Å². The number of quaternary nitrogens is 1. The molecule has 0 aromatic heterocycles. The molecule has 0 aromatic carbocycles. The van der Waals surface area contributed by atoms with Crippen molar-refractivity contribution in [3.63, 3.8) is 0 Å². The summed E-state index contributed by atoms with van der Waals surface area (Å²) in [5, 5.41) is 0. The van der Waals surface area contributed by atoms with E-state index in [0.717, 1.165) is 12.8 Å². The number of esters is 2. The lowest BCUT2D eigenvalue weighted by atomic mass is 10.2. The van der Waals surface area contributed by atoms with Crippen LogP contribution < -0.4 is 12.4 Å². The number of carbonyl (C=O) groups excluding carboxylic acids is 2. The summed E-state index contributed by atoms with van der Waals surface area (Å²) < 4.78 is 11.2. The van der Waals surface area contributed by atoms with Gasteiger partial charge in [0.25, 0.3) is 0 Å². The summed E-state index contributed by atoms with van der Waals surface area (Å²) in [5.41, 5.74) is 0. The van der Waals surface area contributed by atoms with Crippen LogP contribution in [0.25, 0.3) is 0 Å². The molecule has 0 saturated carbocycles. The summed E-state index contributed by atoms with van der Waals surface area (Å²) in [6.07, 6.45) is 1.53. The van der Waals surface area contributed by atoms with Gasteiger partial charge in [0.05, 0.1) is 40.1 Å². The van der Waals surface area contributed by atoms with Crippen molar-refractivity contribution >= 4 is 11.9 Å². The lowest BCUT2D eigenvalue weighted by molar-refractivity contribution is -0.873. The molecule has 0 bridgehead atoms. The molecule has 0 fully saturated rings. The largest absolute Gasteiger partial charge is 1.00 e. The SMILES string of the molecule is CCCCOC(=O)CC(C[N+](C)(C)C)OC(=O)C(C)C.[Cl-]. The normalized spacial score (nSPS) is 12.5. The molecule has 0 N–H and O–H groups in total. The Kier molecular flexibility index (Phi) is 11.6. The first-order valence-corrected chi connectivity index (χ1v) is 7.32. The summed E-state index contributed by atoms with van der Waals surface area (Å²) in [6.45, 7) is 6.62. The Morgan fingerprint density at radius 2 is 1.71 bits per heavy atom. The van der Waals surface area contributed by atoms with Crippen molar-refractivity contribution in [2.45, 2.75) is 46.1 Å². The van der Waals surface area contributed by atoms with E-state index in [-0.39, 0.29) is 36.7 Å². The molecule has 0 spiro atoms. The number of hydrogen-bond donors (Lipinski definition) is 0. The first-order chi connectivity index (χ1) is 9.15. The van der Waals surface area contributed by atoms with Gasteiger partial charge in [-0.05, 0) is 6.42 Å². The van der Waals surface area contributed by atoms with Crippen LogP contribution in [0.4, 0.5) is 0 Å². The topological polar surface area (TPSA) is 52.6 Å². The number of carbonyl (C=O) groups is 2. The van der Waals surface area contributed by atoms with Crippen LogP contribution in [0.15, 0.2) is 0 Å². The van der Waals surface area contributed by atoms with Gasteiger partial charge in [-0.3, -0.25) is 9.59 Å². The summed E-state index contributed by atoms with van der Waals surface area (Å²) in [7, 11) is 6.00. The molecule has 1 unspecified atom stereocenters. The van der Waals surface area contributed by atoms with Crippen LogP contribution in [0.3, 0.4) is 0 Å². The maximum absolute atomic E-state index is 11.7. The van der Waals surface area contributed by atoms with Crippen molar-refractivity contribution < 1.29 is 36.0 Å². The van der Waals surface area contributed by atoms with E-state index >= 15 is 0 Å². The summed E-state index contributed by atoms with van der Waals surface area (Å²) >= 11 is 0. The second-order valence-corrected chi connectivity index (χ2v) is 6.46. The van der Waals surface area contributed by atoms with E-state index in [4.69, 9.17) is 9.47 Å². The Balaban J connectivity index is 0. The minimum Gasteiger partial charge on any atom is -1.00 e. The first kappa shape index (κ1) is 22.5. The maximum Gasteiger partial charge on any atom is 0.309 e. The third-order valence-corrected chi connectivity index (χ3v) is 2.66. The average molecular weight is 324 g/mol. The highest BCUT2D eigenvalue weighted by Gasteiger charge is 2.26. The van der Waals surface area contributed by atoms with Gasteiger partial charge in [-0.15, -0.1) is 0 Å². The van der Waals surface area contributed by atoms with Gasteiger partial charge in [-0.2, -0.15) is 0 Å². The van der Waals surface area contributed by atoms with Gasteiger partial charge in [0.2, 0.25) is 0 Å². The highest BCUT2D eigenvalue weighted by molar-refractivity contribution is 5.73. The highest BCUT2D eigenvalue weighted by atomic mass is 35.5. The number of rotatable bonds is 9. The quantitative estimate of drug-likeness (QED) is 0.310. The summed E-state index contributed by atoms with van der Waals surface area (Å²) in [6, 6.07) is 0. The smallest absolute Gasteiger partial charge is 0.309 e. The predicted molar refractivity (Wildman–Crippen MR) is 78.1 cm³/mol. The molecule has 0 radical (unpaired) electrons. The molecule has 5 nitrogen and oxygen atoms in total. The monoisotopic (exact) mass is 323 g/mol. The molecular formula is C15H30ClNO4. The van der Waals surface area contributed by atoms with Crippen LogP contribution in [0.1, 0.15) is 40.0 Å². The van der Waals surface area contributed by atoms with E-state index < -0.39 is 6.10 Å². The zero-order valence-electron chi connectivity index (χ0n) is 14.1. The lowest BCUT2D eigenvalue weighted by Crippen LogP contribution is -3.00. The van der Waals surface area contributed by atoms with Crippen molar-refractivity contribution in [1.82, 2.24) is 0 Å². The number of nitrogens with zero attached hydrogens (tertiary/aromatic N) is 1. The van der Waals surface area contributed by atoms with Crippen LogP contribution in [-0.2, 0) is 19.1 Å². The second-order valence-electron chi connectivity index (χ2n) is 6.46. The summed E-state index contributed by atoms with van der Waals surface area (Å²) in [5.74, 6) is -0.764. The number of hydrogen-bond acceptors (Lipinski definition) is 4. The number of ether oxygens (including phenoxy) is 2. The van der Waals surface area contributed by atoms with Gasteiger partial charge in [-0.1, -0.05) is 27.2 Å². The zero-order valence-corrected chi connectivity index (χ0v) is 14.9. The van der Waals surface area contributed by atoms with E-state index in [1.165, 1.54) is 0 Å². The van der Waals surface area contributed by atoms with Crippen molar-refractivity contribution in [2.75, 3.05) is 34.3 Å². The zero-order chi connectivity index (χ0) is 15.8. The molecule has 0 aliphatic heterocycles. The van der Waals surface area contributed by atoms with E-state index in [9.17, 15) is 9.59 Å². The molecule has 126 valence electrons. The van der Waals surface area contributed by atoms with Crippen LogP contribution in [-0.4, -0.2) is 56.8 Å². The number of likely N-dealkylation sites (N-methyl/N-ethyl adjacent to an activating group) is 1. The lowest BCUT2D eigenvalue weighted by Gasteiger charge is -2.29. The number of unbranched alkanes of at least 4 members (excludes halogenated alkanes) is 1. The Hall–Kier alpha value is -0.810. The van der Waals surface area contributed by atoms with Crippen LogP contribution in [0.5, 0.6) is 0 Å². The third-order valence-electron chi connectivity index (χ3n) is 2.66. The molecule has 6 heteroatoms. The van der Waals surface area contributed by atoms with Gasteiger partial charge in [0.15, 0.2) is 6.10 Å².